The SMILES string of the molecule is CCc1cc(CC(=O)CNC(C)CC)n(C)n1. The summed E-state index contributed by atoms with van der Waals surface area (Å²) in [6, 6.07) is 2.41. The molecule has 4 nitrogen and oxygen atoms in total. The van der Waals surface area contributed by atoms with Gasteiger partial charge in [0, 0.05) is 25.2 Å². The van der Waals surface area contributed by atoms with Gasteiger partial charge in [-0.05, 0) is 25.8 Å². The summed E-state index contributed by atoms with van der Waals surface area (Å²) in [5.74, 6) is 0.218. The van der Waals surface area contributed by atoms with Crippen molar-refractivity contribution < 1.29 is 4.79 Å². The van der Waals surface area contributed by atoms with E-state index in [9.17, 15) is 4.79 Å². The molecule has 0 radical (unpaired) electrons. The highest BCUT2D eigenvalue weighted by Crippen LogP contribution is 2.05. The zero-order valence-electron chi connectivity index (χ0n) is 11.3. The van der Waals surface area contributed by atoms with Gasteiger partial charge in [0.1, 0.15) is 0 Å². The van der Waals surface area contributed by atoms with Crippen LogP contribution < -0.4 is 5.32 Å². The van der Waals surface area contributed by atoms with Crippen molar-refractivity contribution in [2.24, 2.45) is 7.05 Å². The fourth-order valence-corrected chi connectivity index (χ4v) is 1.61. The van der Waals surface area contributed by atoms with Crippen molar-refractivity contribution in [3.05, 3.63) is 17.5 Å². The van der Waals surface area contributed by atoms with Crippen molar-refractivity contribution in [1.29, 1.82) is 0 Å². The quantitative estimate of drug-likeness (QED) is 0.781. The van der Waals surface area contributed by atoms with Gasteiger partial charge in [0.25, 0.3) is 0 Å². The topological polar surface area (TPSA) is 46.9 Å². The number of Topliss-reactive ketones (excluding diaryl/α,β-unsaturated/α-hetero) is 1. The summed E-state index contributed by atoms with van der Waals surface area (Å²) in [5.41, 5.74) is 2.04. The third-order valence-electron chi connectivity index (χ3n) is 3.03. The van der Waals surface area contributed by atoms with Crippen LogP contribution in [0.1, 0.15) is 38.6 Å². The van der Waals surface area contributed by atoms with Gasteiger partial charge in [-0.1, -0.05) is 13.8 Å². The van der Waals surface area contributed by atoms with Crippen LogP contribution >= 0.6 is 0 Å². The lowest BCUT2D eigenvalue weighted by Gasteiger charge is -2.10. The van der Waals surface area contributed by atoms with Gasteiger partial charge >= 0.3 is 0 Å². The summed E-state index contributed by atoms with van der Waals surface area (Å²) in [6.07, 6.45) is 2.42. The van der Waals surface area contributed by atoms with Gasteiger partial charge in [0.05, 0.1) is 12.2 Å². The molecule has 0 amide bonds. The van der Waals surface area contributed by atoms with Gasteiger partial charge in [-0.25, -0.2) is 0 Å². The first-order chi connectivity index (χ1) is 8.06. The van der Waals surface area contributed by atoms with Gasteiger partial charge in [-0.2, -0.15) is 5.10 Å². The monoisotopic (exact) mass is 237 g/mol. The van der Waals surface area contributed by atoms with Crippen molar-refractivity contribution in [2.75, 3.05) is 6.54 Å². The van der Waals surface area contributed by atoms with Crippen molar-refractivity contribution in [3.8, 4) is 0 Å². The Hall–Kier alpha value is -1.16. The maximum atomic E-state index is 11.8. The molecule has 0 aliphatic heterocycles. The Bertz CT molecular complexity index is 371. The lowest BCUT2D eigenvalue weighted by Crippen LogP contribution is -2.31. The van der Waals surface area contributed by atoms with Crippen LogP contribution in [0.3, 0.4) is 0 Å². The largest absolute Gasteiger partial charge is 0.307 e. The third-order valence-corrected chi connectivity index (χ3v) is 3.03. The minimum Gasteiger partial charge on any atom is -0.307 e. The molecule has 1 aromatic rings. The fraction of sp³-hybridized carbons (Fsp3) is 0.692. The van der Waals surface area contributed by atoms with E-state index in [2.05, 4.69) is 31.2 Å². The van der Waals surface area contributed by atoms with E-state index < -0.39 is 0 Å². The molecular formula is C13H23N3O. The summed E-state index contributed by atoms with van der Waals surface area (Å²) in [7, 11) is 1.89. The second-order valence-corrected chi connectivity index (χ2v) is 4.51. The molecule has 0 saturated carbocycles. The number of hydrogen-bond acceptors (Lipinski definition) is 3. The van der Waals surface area contributed by atoms with E-state index in [1.54, 1.807) is 4.68 Å². The average molecular weight is 237 g/mol. The minimum absolute atomic E-state index is 0.218. The van der Waals surface area contributed by atoms with E-state index in [4.69, 9.17) is 0 Å². The van der Waals surface area contributed by atoms with E-state index >= 15 is 0 Å². The smallest absolute Gasteiger partial charge is 0.152 e. The van der Waals surface area contributed by atoms with Crippen molar-refractivity contribution in [2.45, 2.75) is 46.1 Å². The zero-order valence-corrected chi connectivity index (χ0v) is 11.3. The van der Waals surface area contributed by atoms with Crippen LogP contribution in [0.2, 0.25) is 0 Å². The van der Waals surface area contributed by atoms with Crippen LogP contribution in [0.25, 0.3) is 0 Å². The summed E-state index contributed by atoms with van der Waals surface area (Å²) in [4.78, 5) is 11.8. The number of rotatable bonds is 7. The number of ketones is 1. The highest BCUT2D eigenvalue weighted by atomic mass is 16.1. The first kappa shape index (κ1) is 13.9. The first-order valence-electron chi connectivity index (χ1n) is 6.33. The third kappa shape index (κ3) is 4.30. The molecule has 0 aliphatic rings. The predicted molar refractivity (Wildman–Crippen MR) is 69.1 cm³/mol. The summed E-state index contributed by atoms with van der Waals surface area (Å²) in [5, 5.41) is 7.55. The molecule has 1 unspecified atom stereocenters. The molecule has 1 heterocycles. The van der Waals surface area contributed by atoms with Crippen LogP contribution in [-0.4, -0.2) is 28.2 Å². The van der Waals surface area contributed by atoms with Crippen LogP contribution in [0.4, 0.5) is 0 Å². The zero-order chi connectivity index (χ0) is 12.8. The molecule has 0 fully saturated rings. The first-order valence-corrected chi connectivity index (χ1v) is 6.33. The maximum absolute atomic E-state index is 11.8. The Morgan fingerprint density at radius 1 is 1.53 bits per heavy atom. The summed E-state index contributed by atoms with van der Waals surface area (Å²) >= 11 is 0. The molecule has 17 heavy (non-hydrogen) atoms. The Labute approximate surface area is 103 Å². The van der Waals surface area contributed by atoms with E-state index in [0.29, 0.717) is 19.0 Å². The second-order valence-electron chi connectivity index (χ2n) is 4.51. The molecule has 96 valence electrons. The molecule has 4 heteroatoms. The minimum atomic E-state index is 0.218. The highest BCUT2D eigenvalue weighted by molar-refractivity contribution is 5.82. The number of hydrogen-bond donors (Lipinski definition) is 1. The van der Waals surface area contributed by atoms with Gasteiger partial charge in [-0.15, -0.1) is 0 Å². The van der Waals surface area contributed by atoms with Gasteiger partial charge in [0.2, 0.25) is 0 Å². The van der Waals surface area contributed by atoms with Crippen molar-refractivity contribution in [3.63, 3.8) is 0 Å². The van der Waals surface area contributed by atoms with Gasteiger partial charge < -0.3 is 5.32 Å². The molecule has 0 aromatic carbocycles. The molecule has 0 saturated heterocycles. The molecule has 1 atom stereocenters. The van der Waals surface area contributed by atoms with E-state index in [0.717, 1.165) is 24.2 Å². The van der Waals surface area contributed by atoms with Crippen LogP contribution in [-0.2, 0) is 24.7 Å². The second kappa shape index (κ2) is 6.55. The van der Waals surface area contributed by atoms with E-state index in [-0.39, 0.29) is 5.78 Å². The highest BCUT2D eigenvalue weighted by Gasteiger charge is 2.10. The Kier molecular flexibility index (Phi) is 5.35. The number of nitrogens with one attached hydrogen (secondary N) is 1. The molecular weight excluding hydrogens is 214 g/mol. The van der Waals surface area contributed by atoms with E-state index in [1.165, 1.54) is 0 Å². The standard InChI is InChI=1S/C13H23N3O/c1-5-10(3)14-9-13(17)8-12-7-11(6-2)15-16(12)4/h7,10,14H,5-6,8-9H2,1-4H3. The molecule has 0 spiro atoms. The fourth-order valence-electron chi connectivity index (χ4n) is 1.61. The Morgan fingerprint density at radius 2 is 2.24 bits per heavy atom. The lowest BCUT2D eigenvalue weighted by atomic mass is 10.2. The van der Waals surface area contributed by atoms with Crippen LogP contribution in [0.15, 0.2) is 6.07 Å². The molecule has 1 rings (SSSR count). The lowest BCUT2D eigenvalue weighted by molar-refractivity contribution is -0.117. The Morgan fingerprint density at radius 3 is 2.76 bits per heavy atom. The molecule has 1 aromatic heterocycles. The number of aromatic nitrogens is 2. The van der Waals surface area contributed by atoms with Gasteiger partial charge in [-0.3, -0.25) is 9.48 Å². The predicted octanol–water partition coefficient (Wildman–Crippen LogP) is 1.48. The normalized spacial score (nSPS) is 12.7. The summed E-state index contributed by atoms with van der Waals surface area (Å²) in [6.45, 7) is 6.71. The molecule has 0 bridgehead atoms. The molecule has 0 aliphatic carbocycles. The van der Waals surface area contributed by atoms with Crippen molar-refractivity contribution >= 4 is 5.78 Å². The number of carbonyl (C=O) groups excluding carboxylic acids is 1. The number of nitrogens with zero attached hydrogens (tertiary/aromatic N) is 2. The Balaban J connectivity index is 2.47. The number of carbonyl (C=O) groups is 1. The average Bonchev–Trinajstić information content (AvgIpc) is 2.67. The van der Waals surface area contributed by atoms with Crippen LogP contribution in [0, 0.1) is 0 Å². The molecule has 1 N–H and O–H groups in total. The van der Waals surface area contributed by atoms with E-state index in [1.807, 2.05) is 13.1 Å². The van der Waals surface area contributed by atoms with Gasteiger partial charge in [0.15, 0.2) is 5.78 Å². The maximum Gasteiger partial charge on any atom is 0.152 e. The summed E-state index contributed by atoms with van der Waals surface area (Å²) < 4.78 is 1.81. The van der Waals surface area contributed by atoms with Crippen LogP contribution in [0.5, 0.6) is 0 Å². The van der Waals surface area contributed by atoms with Crippen molar-refractivity contribution in [1.82, 2.24) is 15.1 Å². The number of aryl methyl sites for hydroxylation is 2.